The number of nitrogens with one attached hydrogen (secondary N) is 1. The molecule has 0 spiro atoms. The van der Waals surface area contributed by atoms with E-state index in [1.807, 2.05) is 0 Å². The first kappa shape index (κ1) is 19.5. The Balaban J connectivity index is 2.24. The van der Waals surface area contributed by atoms with Gasteiger partial charge in [0.15, 0.2) is 5.60 Å². The maximum atomic E-state index is 12.1. The Kier molecular flexibility index (Phi) is 5.99. The van der Waals surface area contributed by atoms with E-state index in [4.69, 9.17) is 19.0 Å². The van der Waals surface area contributed by atoms with Gasteiger partial charge >= 0.3 is 11.6 Å². The smallest absolute Gasteiger partial charge is 0.349 e. The van der Waals surface area contributed by atoms with Crippen molar-refractivity contribution in [3.63, 3.8) is 0 Å². The molecular weight excluding hydrogens is 342 g/mol. The minimum Gasteiger partial charge on any atom is -0.478 e. The van der Waals surface area contributed by atoms with Crippen molar-refractivity contribution < 1.29 is 28.6 Å². The molecule has 0 bridgehead atoms. The van der Waals surface area contributed by atoms with Gasteiger partial charge in [0.05, 0.1) is 0 Å². The molecule has 1 aromatic carbocycles. The van der Waals surface area contributed by atoms with E-state index in [-0.39, 0.29) is 16.9 Å². The van der Waals surface area contributed by atoms with Gasteiger partial charge in [0.25, 0.3) is 5.91 Å². The maximum absolute atomic E-state index is 12.1. The number of amides is 1. The monoisotopic (exact) mass is 363 g/mol. The molecule has 0 aliphatic rings. The van der Waals surface area contributed by atoms with Crippen molar-refractivity contribution >= 4 is 22.8 Å². The molecule has 2 rings (SSSR count). The van der Waals surface area contributed by atoms with E-state index in [0.717, 1.165) is 0 Å². The van der Waals surface area contributed by atoms with Crippen LogP contribution in [0, 0.1) is 0 Å². The summed E-state index contributed by atoms with van der Waals surface area (Å²) in [5, 5.41) is 12.3. The predicted octanol–water partition coefficient (Wildman–Crippen LogP) is 1.80. The third-order valence-electron chi connectivity index (χ3n) is 3.65. The SMILES string of the molecule is COCCCNC(=O)c1cc2ccc(OC(C)(C)C(=O)O)cc2oc1=O. The highest BCUT2D eigenvalue weighted by molar-refractivity contribution is 5.96. The van der Waals surface area contributed by atoms with Gasteiger partial charge in [-0.05, 0) is 38.5 Å². The fraction of sp³-hybridized carbons (Fsp3) is 0.389. The number of carbonyl (C=O) groups excluding carboxylic acids is 1. The number of carboxylic acid groups (broad SMARTS) is 1. The Bertz CT molecular complexity index is 869. The van der Waals surface area contributed by atoms with Crippen LogP contribution in [0.15, 0.2) is 33.5 Å². The van der Waals surface area contributed by atoms with Gasteiger partial charge in [0, 0.05) is 31.7 Å². The number of aliphatic carboxylic acids is 1. The van der Waals surface area contributed by atoms with Gasteiger partial charge in [-0.3, -0.25) is 4.79 Å². The summed E-state index contributed by atoms with van der Waals surface area (Å²) in [6, 6.07) is 5.99. The topological polar surface area (TPSA) is 115 Å². The molecule has 8 nitrogen and oxygen atoms in total. The van der Waals surface area contributed by atoms with Gasteiger partial charge in [0.1, 0.15) is 16.9 Å². The van der Waals surface area contributed by atoms with Crippen molar-refractivity contribution in [3.8, 4) is 5.75 Å². The molecule has 1 amide bonds. The molecular formula is C18H21NO7. The summed E-state index contributed by atoms with van der Waals surface area (Å²) < 4.78 is 15.5. The molecule has 0 aliphatic carbocycles. The second-order valence-corrected chi connectivity index (χ2v) is 6.17. The highest BCUT2D eigenvalue weighted by Gasteiger charge is 2.29. The fourth-order valence-corrected chi connectivity index (χ4v) is 2.17. The van der Waals surface area contributed by atoms with Crippen LogP contribution in [0.25, 0.3) is 11.0 Å². The average molecular weight is 363 g/mol. The molecule has 0 aliphatic heterocycles. The van der Waals surface area contributed by atoms with Crippen LogP contribution >= 0.6 is 0 Å². The second kappa shape index (κ2) is 8.01. The van der Waals surface area contributed by atoms with Crippen molar-refractivity contribution in [1.82, 2.24) is 5.32 Å². The molecule has 1 aromatic heterocycles. The van der Waals surface area contributed by atoms with Crippen LogP contribution in [-0.4, -0.2) is 42.8 Å². The maximum Gasteiger partial charge on any atom is 0.349 e. The van der Waals surface area contributed by atoms with Crippen LogP contribution in [0.4, 0.5) is 0 Å². The van der Waals surface area contributed by atoms with Crippen LogP contribution in [-0.2, 0) is 9.53 Å². The van der Waals surface area contributed by atoms with E-state index in [2.05, 4.69) is 5.32 Å². The Labute approximate surface area is 149 Å². The standard InChI is InChI=1S/C18H21NO7/c1-18(2,17(22)23)26-12-6-5-11-9-13(16(21)25-14(11)10-12)15(20)19-7-4-8-24-3/h5-6,9-10H,4,7-8H2,1-3H3,(H,19,20)(H,22,23). The average Bonchev–Trinajstić information content (AvgIpc) is 2.57. The summed E-state index contributed by atoms with van der Waals surface area (Å²) in [6.45, 7) is 3.70. The number of benzene rings is 1. The first-order valence-corrected chi connectivity index (χ1v) is 8.02. The summed E-state index contributed by atoms with van der Waals surface area (Å²) in [4.78, 5) is 35.3. The molecule has 8 heteroatoms. The summed E-state index contributed by atoms with van der Waals surface area (Å²) in [6.07, 6.45) is 0.626. The first-order chi connectivity index (χ1) is 12.2. The molecule has 0 saturated carbocycles. The van der Waals surface area contributed by atoms with Crippen molar-refractivity contribution in [2.75, 3.05) is 20.3 Å². The van der Waals surface area contributed by atoms with Crippen molar-refractivity contribution in [2.24, 2.45) is 0 Å². The number of methoxy groups -OCH3 is 1. The van der Waals surface area contributed by atoms with Gasteiger partial charge in [-0.1, -0.05) is 0 Å². The van der Waals surface area contributed by atoms with Crippen molar-refractivity contribution in [1.29, 1.82) is 0 Å². The van der Waals surface area contributed by atoms with Crippen LogP contribution in [0.5, 0.6) is 5.75 Å². The lowest BCUT2D eigenvalue weighted by molar-refractivity contribution is -0.152. The van der Waals surface area contributed by atoms with E-state index in [9.17, 15) is 14.4 Å². The Morgan fingerprint density at radius 2 is 2.00 bits per heavy atom. The lowest BCUT2D eigenvalue weighted by Crippen LogP contribution is -2.37. The summed E-state index contributed by atoms with van der Waals surface area (Å²) in [7, 11) is 1.56. The number of hydrogen-bond acceptors (Lipinski definition) is 6. The molecule has 0 radical (unpaired) electrons. The minimum atomic E-state index is -1.43. The number of hydrogen-bond donors (Lipinski definition) is 2. The highest BCUT2D eigenvalue weighted by atomic mass is 16.5. The second-order valence-electron chi connectivity index (χ2n) is 6.17. The van der Waals surface area contributed by atoms with E-state index < -0.39 is 23.1 Å². The third-order valence-corrected chi connectivity index (χ3v) is 3.65. The zero-order valence-electron chi connectivity index (χ0n) is 14.8. The van der Waals surface area contributed by atoms with Gasteiger partial charge in [-0.15, -0.1) is 0 Å². The molecule has 26 heavy (non-hydrogen) atoms. The van der Waals surface area contributed by atoms with Gasteiger partial charge in [-0.25, -0.2) is 9.59 Å². The number of carboxylic acids is 1. The molecule has 140 valence electrons. The third kappa shape index (κ3) is 4.60. The number of fused-ring (bicyclic) bond motifs is 1. The lowest BCUT2D eigenvalue weighted by Gasteiger charge is -2.21. The number of carbonyl (C=O) groups is 2. The Morgan fingerprint density at radius 1 is 1.27 bits per heavy atom. The van der Waals surface area contributed by atoms with Gasteiger partial charge in [-0.2, -0.15) is 0 Å². The zero-order chi connectivity index (χ0) is 19.3. The van der Waals surface area contributed by atoms with Crippen LogP contribution in [0.1, 0.15) is 30.6 Å². The van der Waals surface area contributed by atoms with E-state index in [0.29, 0.717) is 25.0 Å². The molecule has 2 N–H and O–H groups in total. The lowest BCUT2D eigenvalue weighted by atomic mass is 10.1. The van der Waals surface area contributed by atoms with Crippen molar-refractivity contribution in [2.45, 2.75) is 25.9 Å². The molecule has 0 atom stereocenters. The summed E-state index contributed by atoms with van der Waals surface area (Å²) in [5.74, 6) is -1.41. The Morgan fingerprint density at radius 3 is 2.65 bits per heavy atom. The summed E-state index contributed by atoms with van der Waals surface area (Å²) >= 11 is 0. The van der Waals surface area contributed by atoms with Gasteiger partial charge in [0.2, 0.25) is 0 Å². The quantitative estimate of drug-likeness (QED) is 0.543. The predicted molar refractivity (Wildman–Crippen MR) is 93.7 cm³/mol. The largest absolute Gasteiger partial charge is 0.478 e. The number of ether oxygens (including phenoxy) is 2. The van der Waals surface area contributed by atoms with Crippen LogP contribution < -0.4 is 15.7 Å². The molecule has 0 unspecified atom stereocenters. The molecule has 2 aromatic rings. The van der Waals surface area contributed by atoms with Crippen LogP contribution in [0.2, 0.25) is 0 Å². The van der Waals surface area contributed by atoms with Crippen LogP contribution in [0.3, 0.4) is 0 Å². The molecule has 0 saturated heterocycles. The van der Waals surface area contributed by atoms with E-state index in [1.165, 1.54) is 26.0 Å². The van der Waals surface area contributed by atoms with Gasteiger partial charge < -0.3 is 24.3 Å². The minimum absolute atomic E-state index is 0.102. The van der Waals surface area contributed by atoms with Crippen molar-refractivity contribution in [3.05, 3.63) is 40.2 Å². The van der Waals surface area contributed by atoms with E-state index >= 15 is 0 Å². The van der Waals surface area contributed by atoms with E-state index in [1.54, 1.807) is 19.2 Å². The first-order valence-electron chi connectivity index (χ1n) is 8.02. The summed E-state index contributed by atoms with van der Waals surface area (Å²) in [5.41, 5.74) is -2.12. The highest BCUT2D eigenvalue weighted by Crippen LogP contribution is 2.24. The Hall–Kier alpha value is -2.87. The molecule has 1 heterocycles. The number of rotatable bonds is 8. The fourth-order valence-electron chi connectivity index (χ4n) is 2.17. The zero-order valence-corrected chi connectivity index (χ0v) is 14.8. The normalized spacial score (nSPS) is 11.3. The molecule has 0 fully saturated rings.